The summed E-state index contributed by atoms with van der Waals surface area (Å²) < 4.78 is 7.26. The maximum atomic E-state index is 5.19. The highest BCUT2D eigenvalue weighted by Gasteiger charge is 2.11. The van der Waals surface area contributed by atoms with E-state index in [1.807, 2.05) is 0 Å². The topological polar surface area (TPSA) is 39.1 Å². The molecular formula is C15H29N3O. The van der Waals surface area contributed by atoms with E-state index in [0.717, 1.165) is 38.8 Å². The lowest BCUT2D eigenvalue weighted by Crippen LogP contribution is -2.33. The quantitative estimate of drug-likeness (QED) is 0.708. The van der Waals surface area contributed by atoms with E-state index < -0.39 is 0 Å². The smallest absolute Gasteiger partial charge is 0.0640 e. The number of methoxy groups -OCH3 is 1. The summed E-state index contributed by atoms with van der Waals surface area (Å²) in [4.78, 5) is 0. The van der Waals surface area contributed by atoms with Crippen molar-refractivity contribution in [1.29, 1.82) is 0 Å². The van der Waals surface area contributed by atoms with Crippen molar-refractivity contribution in [3.05, 3.63) is 18.0 Å². The van der Waals surface area contributed by atoms with Crippen molar-refractivity contribution >= 4 is 0 Å². The van der Waals surface area contributed by atoms with Crippen LogP contribution in [-0.4, -0.2) is 36.1 Å². The minimum atomic E-state index is 0.459. The van der Waals surface area contributed by atoms with Crippen LogP contribution < -0.4 is 5.32 Å². The van der Waals surface area contributed by atoms with Crippen LogP contribution in [0.25, 0.3) is 0 Å². The molecule has 4 heteroatoms. The van der Waals surface area contributed by atoms with Gasteiger partial charge in [0.1, 0.15) is 0 Å². The summed E-state index contributed by atoms with van der Waals surface area (Å²) in [6, 6.07) is 3.08. The Bertz CT molecular complexity index is 330. The second-order valence-electron chi connectivity index (χ2n) is 5.18. The maximum absolute atomic E-state index is 5.19. The molecular weight excluding hydrogens is 238 g/mol. The molecule has 1 aromatic rings. The van der Waals surface area contributed by atoms with Crippen LogP contribution in [0.4, 0.5) is 0 Å². The lowest BCUT2D eigenvalue weighted by Gasteiger charge is -2.17. The Kier molecular flexibility index (Phi) is 7.75. The fourth-order valence-corrected chi connectivity index (χ4v) is 2.06. The van der Waals surface area contributed by atoms with Crippen molar-refractivity contribution in [3.8, 4) is 0 Å². The van der Waals surface area contributed by atoms with E-state index in [2.05, 4.69) is 48.1 Å². The minimum Gasteiger partial charge on any atom is -0.385 e. The van der Waals surface area contributed by atoms with Crippen LogP contribution in [0.15, 0.2) is 12.3 Å². The number of rotatable bonds is 10. The van der Waals surface area contributed by atoms with E-state index in [1.54, 1.807) is 7.11 Å². The van der Waals surface area contributed by atoms with Gasteiger partial charge in [-0.25, -0.2) is 0 Å². The van der Waals surface area contributed by atoms with Crippen LogP contribution in [0.1, 0.15) is 51.8 Å². The van der Waals surface area contributed by atoms with Crippen LogP contribution in [0.2, 0.25) is 0 Å². The van der Waals surface area contributed by atoms with Crippen LogP contribution in [-0.2, 0) is 11.2 Å². The average Bonchev–Trinajstić information content (AvgIpc) is 2.89. The van der Waals surface area contributed by atoms with Crippen molar-refractivity contribution in [3.63, 3.8) is 0 Å². The summed E-state index contributed by atoms with van der Waals surface area (Å²) in [5.74, 6) is 0. The molecule has 0 aliphatic carbocycles. The molecule has 1 N–H and O–H groups in total. The fourth-order valence-electron chi connectivity index (χ4n) is 2.06. The van der Waals surface area contributed by atoms with Gasteiger partial charge in [-0.15, -0.1) is 0 Å². The molecule has 19 heavy (non-hydrogen) atoms. The first-order chi connectivity index (χ1) is 9.21. The van der Waals surface area contributed by atoms with Crippen LogP contribution in [0.5, 0.6) is 0 Å². The van der Waals surface area contributed by atoms with Gasteiger partial charge in [0.15, 0.2) is 0 Å². The Hall–Kier alpha value is -0.870. The lowest BCUT2D eigenvalue weighted by molar-refractivity contribution is 0.182. The van der Waals surface area contributed by atoms with E-state index in [4.69, 9.17) is 4.74 Å². The fraction of sp³-hybridized carbons (Fsp3) is 0.800. The lowest BCUT2D eigenvalue weighted by atomic mass is 10.1. The summed E-state index contributed by atoms with van der Waals surface area (Å²) in [5, 5.41) is 8.25. The molecule has 4 nitrogen and oxygen atoms in total. The summed E-state index contributed by atoms with van der Waals surface area (Å²) in [6.07, 6.45) is 6.38. The van der Waals surface area contributed by atoms with Gasteiger partial charge < -0.3 is 10.1 Å². The second kappa shape index (κ2) is 9.10. The summed E-state index contributed by atoms with van der Waals surface area (Å²) in [6.45, 7) is 8.44. The molecule has 0 bridgehead atoms. The van der Waals surface area contributed by atoms with Gasteiger partial charge in [-0.1, -0.05) is 13.8 Å². The average molecular weight is 267 g/mol. The molecule has 0 radical (unpaired) electrons. The third-order valence-corrected chi connectivity index (χ3v) is 3.51. The predicted octanol–water partition coefficient (Wildman–Crippen LogP) is 2.80. The Morgan fingerprint density at radius 3 is 2.84 bits per heavy atom. The molecule has 0 saturated carbocycles. The summed E-state index contributed by atoms with van der Waals surface area (Å²) in [7, 11) is 1.76. The van der Waals surface area contributed by atoms with Gasteiger partial charge in [-0.3, -0.25) is 4.68 Å². The van der Waals surface area contributed by atoms with E-state index in [0.29, 0.717) is 12.1 Å². The highest BCUT2D eigenvalue weighted by Crippen LogP contribution is 2.11. The van der Waals surface area contributed by atoms with Gasteiger partial charge in [0.05, 0.1) is 5.69 Å². The molecule has 0 aromatic carbocycles. The van der Waals surface area contributed by atoms with Crippen LogP contribution in [0.3, 0.4) is 0 Å². The van der Waals surface area contributed by atoms with Gasteiger partial charge >= 0.3 is 0 Å². The van der Waals surface area contributed by atoms with Crippen molar-refractivity contribution in [2.24, 2.45) is 0 Å². The number of ether oxygens (including phenoxy) is 1. The zero-order valence-corrected chi connectivity index (χ0v) is 12.9. The molecule has 1 rings (SSSR count). The first-order valence-electron chi connectivity index (χ1n) is 7.47. The Morgan fingerprint density at radius 1 is 1.42 bits per heavy atom. The van der Waals surface area contributed by atoms with Gasteiger partial charge in [0, 0.05) is 38.4 Å². The zero-order chi connectivity index (χ0) is 14.1. The number of hydrogen-bond donors (Lipinski definition) is 1. The first-order valence-corrected chi connectivity index (χ1v) is 7.47. The van der Waals surface area contributed by atoms with Crippen LogP contribution >= 0.6 is 0 Å². The number of nitrogens with one attached hydrogen (secondary N) is 1. The third-order valence-electron chi connectivity index (χ3n) is 3.51. The summed E-state index contributed by atoms with van der Waals surface area (Å²) in [5.41, 5.74) is 1.17. The van der Waals surface area contributed by atoms with Crippen LogP contribution in [0, 0.1) is 0 Å². The number of aromatic nitrogens is 2. The molecule has 2 atom stereocenters. The molecule has 0 fully saturated rings. The molecule has 2 unspecified atom stereocenters. The number of hydrogen-bond acceptors (Lipinski definition) is 3. The molecule has 110 valence electrons. The Balaban J connectivity index is 2.54. The second-order valence-corrected chi connectivity index (χ2v) is 5.18. The number of nitrogens with zero attached hydrogens (tertiary/aromatic N) is 2. The molecule has 0 amide bonds. The molecule has 1 aromatic heterocycles. The van der Waals surface area contributed by atoms with E-state index >= 15 is 0 Å². The van der Waals surface area contributed by atoms with Crippen molar-refractivity contribution < 1.29 is 4.74 Å². The maximum Gasteiger partial charge on any atom is 0.0640 e. The standard InChI is InChI=1S/C15H29N3O/c1-5-9-16-14(8-11-19-4)12-15-7-10-18(17-15)13(3)6-2/h7,10,13-14,16H,5-6,8-9,11-12H2,1-4H3. The summed E-state index contributed by atoms with van der Waals surface area (Å²) >= 11 is 0. The monoisotopic (exact) mass is 267 g/mol. The molecule has 0 aliphatic heterocycles. The normalized spacial score (nSPS) is 14.5. The molecule has 1 heterocycles. The highest BCUT2D eigenvalue weighted by atomic mass is 16.5. The first kappa shape index (κ1) is 16.2. The molecule has 0 saturated heterocycles. The van der Waals surface area contributed by atoms with Gasteiger partial charge in [-0.2, -0.15) is 5.10 Å². The van der Waals surface area contributed by atoms with Crippen molar-refractivity contribution in [2.75, 3.05) is 20.3 Å². The zero-order valence-electron chi connectivity index (χ0n) is 12.9. The predicted molar refractivity (Wildman–Crippen MR) is 79.5 cm³/mol. The minimum absolute atomic E-state index is 0.459. The molecule has 0 aliphatic rings. The Morgan fingerprint density at radius 2 is 2.21 bits per heavy atom. The van der Waals surface area contributed by atoms with Gasteiger partial charge in [-0.05, 0) is 38.8 Å². The largest absolute Gasteiger partial charge is 0.385 e. The Labute approximate surface area is 117 Å². The van der Waals surface area contributed by atoms with Crippen molar-refractivity contribution in [2.45, 2.75) is 58.5 Å². The highest BCUT2D eigenvalue weighted by molar-refractivity contribution is 5.02. The van der Waals surface area contributed by atoms with Crippen molar-refractivity contribution in [1.82, 2.24) is 15.1 Å². The molecule has 0 spiro atoms. The van der Waals surface area contributed by atoms with E-state index in [-0.39, 0.29) is 0 Å². The SMILES string of the molecule is CCCNC(CCOC)Cc1ccn(C(C)CC)n1. The van der Waals surface area contributed by atoms with E-state index in [9.17, 15) is 0 Å². The third kappa shape index (κ3) is 5.74. The van der Waals surface area contributed by atoms with Gasteiger partial charge in [0.25, 0.3) is 0 Å². The van der Waals surface area contributed by atoms with E-state index in [1.165, 1.54) is 5.69 Å². The van der Waals surface area contributed by atoms with Gasteiger partial charge in [0.2, 0.25) is 0 Å².